The van der Waals surface area contributed by atoms with E-state index in [9.17, 15) is 9.59 Å². The van der Waals surface area contributed by atoms with Crippen LogP contribution in [0.5, 0.6) is 5.75 Å². The Morgan fingerprint density at radius 1 is 1.33 bits per heavy atom. The lowest BCUT2D eigenvalue weighted by Gasteiger charge is -2.31. The van der Waals surface area contributed by atoms with Crippen LogP contribution in [0.15, 0.2) is 42.6 Å². The molecule has 3 N–H and O–H groups in total. The van der Waals surface area contributed by atoms with Gasteiger partial charge in [-0.2, -0.15) is 0 Å². The molecular weight excluding hydrogens is 350 g/mol. The third-order valence-electron chi connectivity index (χ3n) is 4.23. The molecule has 1 atom stereocenters. The number of carbonyl (C=O) groups is 2. The summed E-state index contributed by atoms with van der Waals surface area (Å²) in [5, 5.41) is 8.90. The number of rotatable bonds is 7. The van der Waals surface area contributed by atoms with Gasteiger partial charge in [0.1, 0.15) is 11.9 Å². The van der Waals surface area contributed by atoms with Crippen molar-refractivity contribution in [2.75, 3.05) is 26.3 Å². The van der Waals surface area contributed by atoms with Crippen LogP contribution < -0.4 is 10.5 Å². The first kappa shape index (κ1) is 18.8. The maximum absolute atomic E-state index is 11.4. The highest BCUT2D eigenvalue weighted by Gasteiger charge is 2.25. The summed E-state index contributed by atoms with van der Waals surface area (Å²) >= 11 is 0. The van der Waals surface area contributed by atoms with Gasteiger partial charge in [0.05, 0.1) is 12.3 Å². The average molecular weight is 371 g/mol. The van der Waals surface area contributed by atoms with Crippen molar-refractivity contribution in [3.63, 3.8) is 0 Å². The number of aromatic nitrogens is 1. The molecule has 8 heteroatoms. The van der Waals surface area contributed by atoms with Crippen LogP contribution in [0.4, 0.5) is 0 Å². The van der Waals surface area contributed by atoms with Crippen molar-refractivity contribution < 1.29 is 24.2 Å². The first-order chi connectivity index (χ1) is 13.0. The molecule has 0 radical (unpaired) electrons. The Morgan fingerprint density at radius 3 is 2.89 bits per heavy atom. The van der Waals surface area contributed by atoms with E-state index in [1.807, 2.05) is 35.2 Å². The highest BCUT2D eigenvalue weighted by molar-refractivity contribution is 5.79. The lowest BCUT2D eigenvalue weighted by molar-refractivity contribution is -0.139. The number of ether oxygens (including phenoxy) is 2. The van der Waals surface area contributed by atoms with Crippen LogP contribution >= 0.6 is 0 Å². The molecule has 3 rings (SSSR count). The molecule has 27 heavy (non-hydrogen) atoms. The minimum atomic E-state index is -1.05. The highest BCUT2D eigenvalue weighted by atomic mass is 16.5. The Bertz CT molecular complexity index is 812. The molecule has 8 nitrogen and oxygen atoms in total. The van der Waals surface area contributed by atoms with Gasteiger partial charge in [0.15, 0.2) is 6.61 Å². The molecule has 1 saturated heterocycles. The number of aliphatic carboxylic acids is 1. The van der Waals surface area contributed by atoms with Crippen molar-refractivity contribution >= 4 is 11.9 Å². The number of amides is 1. The van der Waals surface area contributed by atoms with Gasteiger partial charge < -0.3 is 20.3 Å². The first-order valence-electron chi connectivity index (χ1n) is 8.55. The molecule has 142 valence electrons. The van der Waals surface area contributed by atoms with E-state index >= 15 is 0 Å². The number of hydrogen-bond acceptors (Lipinski definition) is 6. The van der Waals surface area contributed by atoms with Crippen LogP contribution in [0.2, 0.25) is 0 Å². The number of carboxylic acid groups (broad SMARTS) is 1. The standard InChI is InChI=1S/C19H21N3O5/c20-19(25)17-11-22(7-8-26-17)10-14-9-13(15-3-1-2-6-21-15)4-5-16(14)27-12-18(23)24/h1-6,9,17H,7-8,10-12H2,(H2,20,25)(H,23,24)/t17-/m0/s1. The monoisotopic (exact) mass is 371 g/mol. The van der Waals surface area contributed by atoms with Gasteiger partial charge in [-0.3, -0.25) is 14.7 Å². The lowest BCUT2D eigenvalue weighted by Crippen LogP contribution is -2.47. The van der Waals surface area contributed by atoms with E-state index in [-0.39, 0.29) is 0 Å². The van der Waals surface area contributed by atoms with Crippen LogP contribution in [0, 0.1) is 0 Å². The van der Waals surface area contributed by atoms with Gasteiger partial charge in [-0.15, -0.1) is 0 Å². The molecule has 2 heterocycles. The molecule has 1 aromatic carbocycles. The summed E-state index contributed by atoms with van der Waals surface area (Å²) in [7, 11) is 0. The number of benzene rings is 1. The van der Waals surface area contributed by atoms with E-state index in [4.69, 9.17) is 20.3 Å². The second kappa shape index (κ2) is 8.61. The number of morpholine rings is 1. The van der Waals surface area contributed by atoms with Crippen LogP contribution in [0.1, 0.15) is 5.56 Å². The summed E-state index contributed by atoms with van der Waals surface area (Å²) < 4.78 is 10.8. The van der Waals surface area contributed by atoms with E-state index in [0.717, 1.165) is 16.8 Å². The van der Waals surface area contributed by atoms with Gasteiger partial charge in [-0.1, -0.05) is 6.07 Å². The molecule has 1 aliphatic rings. The van der Waals surface area contributed by atoms with Gasteiger partial charge >= 0.3 is 5.97 Å². The molecule has 0 saturated carbocycles. The minimum absolute atomic E-state index is 0.377. The largest absolute Gasteiger partial charge is 0.482 e. The number of carboxylic acids is 1. The number of primary amides is 1. The molecule has 0 spiro atoms. The van der Waals surface area contributed by atoms with Crippen molar-refractivity contribution in [2.45, 2.75) is 12.6 Å². The Kier molecular flexibility index (Phi) is 6.00. The van der Waals surface area contributed by atoms with Crippen molar-refractivity contribution in [2.24, 2.45) is 5.73 Å². The molecule has 0 aliphatic carbocycles. The van der Waals surface area contributed by atoms with Crippen LogP contribution in [-0.2, 0) is 20.9 Å². The fourth-order valence-corrected chi connectivity index (χ4v) is 2.94. The van der Waals surface area contributed by atoms with E-state index in [2.05, 4.69) is 4.98 Å². The maximum atomic E-state index is 11.4. The average Bonchev–Trinajstić information content (AvgIpc) is 2.67. The van der Waals surface area contributed by atoms with Crippen molar-refractivity contribution in [3.05, 3.63) is 48.2 Å². The summed E-state index contributed by atoms with van der Waals surface area (Å²) in [4.78, 5) is 28.7. The molecule has 0 unspecified atom stereocenters. The lowest BCUT2D eigenvalue weighted by atomic mass is 10.1. The van der Waals surface area contributed by atoms with E-state index < -0.39 is 24.6 Å². The Balaban J connectivity index is 1.85. The Hall–Kier alpha value is -2.97. The van der Waals surface area contributed by atoms with Crippen molar-refractivity contribution in [1.82, 2.24) is 9.88 Å². The number of carbonyl (C=O) groups excluding carboxylic acids is 1. The molecule has 0 bridgehead atoms. The minimum Gasteiger partial charge on any atom is -0.482 e. The van der Waals surface area contributed by atoms with Crippen molar-refractivity contribution in [3.8, 4) is 17.0 Å². The van der Waals surface area contributed by atoms with Gasteiger partial charge in [-0.05, 0) is 30.3 Å². The summed E-state index contributed by atoms with van der Waals surface area (Å²) in [5.41, 5.74) is 7.86. The summed E-state index contributed by atoms with van der Waals surface area (Å²) in [5.74, 6) is -1.06. The van der Waals surface area contributed by atoms with E-state index in [0.29, 0.717) is 32.0 Å². The van der Waals surface area contributed by atoms with Crippen LogP contribution in [-0.4, -0.2) is 59.3 Å². The summed E-state index contributed by atoms with van der Waals surface area (Å²) in [6, 6.07) is 11.1. The summed E-state index contributed by atoms with van der Waals surface area (Å²) in [6.07, 6.45) is 1.06. The van der Waals surface area contributed by atoms with Gasteiger partial charge in [0.25, 0.3) is 0 Å². The SMILES string of the molecule is NC(=O)[C@@H]1CN(Cc2cc(-c3ccccn3)ccc2OCC(=O)O)CCO1. The fraction of sp³-hybridized carbons (Fsp3) is 0.316. The third kappa shape index (κ3) is 5.02. The fourth-order valence-electron chi connectivity index (χ4n) is 2.94. The molecule has 1 amide bonds. The normalized spacial score (nSPS) is 17.4. The zero-order chi connectivity index (χ0) is 19.2. The maximum Gasteiger partial charge on any atom is 0.341 e. The Labute approximate surface area is 156 Å². The van der Waals surface area contributed by atoms with E-state index in [1.54, 1.807) is 12.3 Å². The number of pyridine rings is 1. The van der Waals surface area contributed by atoms with Gasteiger partial charge in [0, 0.05) is 37.0 Å². The number of nitrogens with zero attached hydrogens (tertiary/aromatic N) is 2. The smallest absolute Gasteiger partial charge is 0.341 e. The van der Waals surface area contributed by atoms with Crippen LogP contribution in [0.25, 0.3) is 11.3 Å². The Morgan fingerprint density at radius 2 is 2.19 bits per heavy atom. The molecule has 1 aliphatic heterocycles. The molecule has 1 aromatic heterocycles. The molecule has 1 fully saturated rings. The predicted molar refractivity (Wildman–Crippen MR) is 97.0 cm³/mol. The van der Waals surface area contributed by atoms with E-state index in [1.165, 1.54) is 0 Å². The highest BCUT2D eigenvalue weighted by Crippen LogP contribution is 2.27. The second-order valence-corrected chi connectivity index (χ2v) is 6.22. The van der Waals surface area contributed by atoms with Crippen LogP contribution in [0.3, 0.4) is 0 Å². The quantitative estimate of drug-likeness (QED) is 0.743. The molecule has 2 aromatic rings. The zero-order valence-electron chi connectivity index (χ0n) is 14.7. The predicted octanol–water partition coefficient (Wildman–Crippen LogP) is 0.898. The topological polar surface area (TPSA) is 115 Å². The van der Waals surface area contributed by atoms with Gasteiger partial charge in [-0.25, -0.2) is 4.79 Å². The first-order valence-corrected chi connectivity index (χ1v) is 8.55. The zero-order valence-corrected chi connectivity index (χ0v) is 14.7. The molecular formula is C19H21N3O5. The number of nitrogens with two attached hydrogens (primary N) is 1. The van der Waals surface area contributed by atoms with Gasteiger partial charge in [0.2, 0.25) is 5.91 Å². The summed E-state index contributed by atoms with van der Waals surface area (Å²) in [6.45, 7) is 1.46. The van der Waals surface area contributed by atoms with Crippen molar-refractivity contribution in [1.29, 1.82) is 0 Å². The second-order valence-electron chi connectivity index (χ2n) is 6.22. The third-order valence-corrected chi connectivity index (χ3v) is 4.23. The number of hydrogen-bond donors (Lipinski definition) is 2.